The van der Waals surface area contributed by atoms with Crippen molar-refractivity contribution in [3.8, 4) is 0 Å². The Labute approximate surface area is 149 Å². The zero-order valence-electron chi connectivity index (χ0n) is 12.7. The van der Waals surface area contributed by atoms with E-state index in [1.54, 1.807) is 0 Å². The van der Waals surface area contributed by atoms with Gasteiger partial charge in [-0.1, -0.05) is 35.0 Å². The van der Waals surface area contributed by atoms with Crippen molar-refractivity contribution in [1.82, 2.24) is 9.55 Å². The van der Waals surface area contributed by atoms with Crippen LogP contribution in [0.2, 0.25) is 0 Å². The van der Waals surface area contributed by atoms with Gasteiger partial charge in [-0.05, 0) is 42.7 Å². The largest absolute Gasteiger partial charge is 0.337 e. The standard InChI is InChI=1S/C17H21BrN2S2/c1-14-6-11-21-17(22-14,7-9-20-10-8-19-13-20)12-15-2-4-16(18)5-3-15/h2-5,8,10,13-14H,6-7,9,11-12H2,1H3. The number of rotatable bonds is 5. The summed E-state index contributed by atoms with van der Waals surface area (Å²) in [6.07, 6.45) is 9.49. The molecule has 1 aromatic heterocycles. The summed E-state index contributed by atoms with van der Waals surface area (Å²) >= 11 is 7.85. The molecule has 2 aromatic rings. The second-order valence-corrected chi connectivity index (χ2v) is 10.3. The Bertz CT molecular complexity index is 585. The molecule has 0 amide bonds. The van der Waals surface area contributed by atoms with Crippen LogP contribution in [0, 0.1) is 0 Å². The molecule has 1 aromatic carbocycles. The summed E-state index contributed by atoms with van der Waals surface area (Å²) in [6.45, 7) is 3.42. The number of thioether (sulfide) groups is 2. The molecular weight excluding hydrogens is 376 g/mol. The number of hydrogen-bond donors (Lipinski definition) is 0. The lowest BCUT2D eigenvalue weighted by molar-refractivity contribution is 0.589. The number of imidazole rings is 1. The van der Waals surface area contributed by atoms with Gasteiger partial charge < -0.3 is 4.57 Å². The molecule has 1 fully saturated rings. The van der Waals surface area contributed by atoms with Gasteiger partial charge >= 0.3 is 0 Å². The number of aryl methyl sites for hydroxylation is 1. The van der Waals surface area contributed by atoms with Crippen LogP contribution in [0.25, 0.3) is 0 Å². The molecular formula is C17H21BrN2S2. The van der Waals surface area contributed by atoms with E-state index in [2.05, 4.69) is 86.4 Å². The Morgan fingerprint density at radius 2 is 2.18 bits per heavy atom. The Morgan fingerprint density at radius 1 is 1.36 bits per heavy atom. The highest BCUT2D eigenvalue weighted by molar-refractivity contribution is 9.10. The minimum Gasteiger partial charge on any atom is -0.337 e. The number of benzene rings is 1. The SMILES string of the molecule is CC1CCSC(CCn2ccnc2)(Cc2ccc(Br)cc2)S1. The van der Waals surface area contributed by atoms with Crippen molar-refractivity contribution in [3.63, 3.8) is 0 Å². The molecule has 2 heterocycles. The minimum atomic E-state index is 0.287. The van der Waals surface area contributed by atoms with Crippen LogP contribution in [0.15, 0.2) is 47.5 Å². The summed E-state index contributed by atoms with van der Waals surface area (Å²) in [5, 5.41) is 0.750. The van der Waals surface area contributed by atoms with E-state index in [0.29, 0.717) is 0 Å². The van der Waals surface area contributed by atoms with Crippen molar-refractivity contribution in [1.29, 1.82) is 0 Å². The molecule has 5 heteroatoms. The molecule has 0 aliphatic carbocycles. The second-order valence-electron chi connectivity index (χ2n) is 5.83. The van der Waals surface area contributed by atoms with Gasteiger partial charge in [0.15, 0.2) is 0 Å². The predicted octanol–water partition coefficient (Wildman–Crippen LogP) is 5.23. The first-order valence-electron chi connectivity index (χ1n) is 7.67. The lowest BCUT2D eigenvalue weighted by Crippen LogP contribution is -2.32. The van der Waals surface area contributed by atoms with Crippen LogP contribution in [0.3, 0.4) is 0 Å². The quantitative estimate of drug-likeness (QED) is 0.688. The molecule has 1 aliphatic rings. The third-order valence-electron chi connectivity index (χ3n) is 4.00. The van der Waals surface area contributed by atoms with E-state index in [1.165, 1.54) is 24.2 Å². The summed E-state index contributed by atoms with van der Waals surface area (Å²) in [5.41, 5.74) is 1.43. The fraction of sp³-hybridized carbons (Fsp3) is 0.471. The van der Waals surface area contributed by atoms with E-state index >= 15 is 0 Å². The van der Waals surface area contributed by atoms with Crippen molar-refractivity contribution >= 4 is 39.5 Å². The zero-order valence-corrected chi connectivity index (χ0v) is 16.0. The Balaban J connectivity index is 1.74. The molecule has 1 saturated heterocycles. The van der Waals surface area contributed by atoms with Crippen molar-refractivity contribution in [3.05, 3.63) is 53.0 Å². The van der Waals surface area contributed by atoms with Crippen LogP contribution in [0.4, 0.5) is 0 Å². The van der Waals surface area contributed by atoms with E-state index in [0.717, 1.165) is 22.7 Å². The molecule has 118 valence electrons. The van der Waals surface area contributed by atoms with Gasteiger partial charge in [0.2, 0.25) is 0 Å². The first-order valence-corrected chi connectivity index (χ1v) is 10.3. The van der Waals surface area contributed by atoms with Crippen molar-refractivity contribution < 1.29 is 0 Å². The maximum atomic E-state index is 4.16. The molecule has 2 unspecified atom stereocenters. The van der Waals surface area contributed by atoms with Gasteiger partial charge in [0.05, 0.1) is 10.4 Å². The van der Waals surface area contributed by atoms with Gasteiger partial charge in [-0.2, -0.15) is 0 Å². The first-order chi connectivity index (χ1) is 10.7. The highest BCUT2D eigenvalue weighted by atomic mass is 79.9. The number of nitrogens with zero attached hydrogens (tertiary/aromatic N) is 2. The Hall–Kier alpha value is -0.390. The molecule has 0 bridgehead atoms. The third-order valence-corrected chi connectivity index (χ3v) is 7.90. The summed E-state index contributed by atoms with van der Waals surface area (Å²) < 4.78 is 3.64. The molecule has 0 radical (unpaired) electrons. The maximum Gasteiger partial charge on any atom is 0.0945 e. The second kappa shape index (κ2) is 7.45. The molecule has 0 N–H and O–H groups in total. The Kier molecular flexibility index (Phi) is 5.58. The van der Waals surface area contributed by atoms with Crippen molar-refractivity contribution in [2.24, 2.45) is 0 Å². The van der Waals surface area contributed by atoms with E-state index in [1.807, 2.05) is 12.5 Å². The van der Waals surface area contributed by atoms with Crippen LogP contribution in [0.1, 0.15) is 25.3 Å². The predicted molar refractivity (Wildman–Crippen MR) is 102 cm³/mol. The highest BCUT2D eigenvalue weighted by Gasteiger charge is 2.36. The molecule has 2 nitrogen and oxygen atoms in total. The van der Waals surface area contributed by atoms with E-state index < -0.39 is 0 Å². The summed E-state index contributed by atoms with van der Waals surface area (Å²) in [7, 11) is 0. The van der Waals surface area contributed by atoms with Gasteiger partial charge in [0.25, 0.3) is 0 Å². The van der Waals surface area contributed by atoms with E-state index in [4.69, 9.17) is 0 Å². The summed E-state index contributed by atoms with van der Waals surface area (Å²) in [5.74, 6) is 1.27. The topological polar surface area (TPSA) is 17.8 Å². The monoisotopic (exact) mass is 396 g/mol. The number of hydrogen-bond acceptors (Lipinski definition) is 3. The fourth-order valence-corrected chi connectivity index (χ4v) is 7.02. The van der Waals surface area contributed by atoms with Crippen LogP contribution in [-0.2, 0) is 13.0 Å². The average molecular weight is 397 g/mol. The molecule has 22 heavy (non-hydrogen) atoms. The lowest BCUT2D eigenvalue weighted by Gasteiger charge is -2.39. The smallest absolute Gasteiger partial charge is 0.0945 e. The Morgan fingerprint density at radius 3 is 2.86 bits per heavy atom. The highest BCUT2D eigenvalue weighted by Crippen LogP contribution is 2.50. The normalized spacial score (nSPS) is 25.3. The van der Waals surface area contributed by atoms with E-state index in [-0.39, 0.29) is 4.08 Å². The lowest BCUT2D eigenvalue weighted by atomic mass is 10.1. The van der Waals surface area contributed by atoms with Gasteiger partial charge in [-0.3, -0.25) is 0 Å². The fourth-order valence-electron chi connectivity index (χ4n) is 2.81. The third kappa shape index (κ3) is 4.33. The van der Waals surface area contributed by atoms with E-state index in [9.17, 15) is 0 Å². The van der Waals surface area contributed by atoms with Gasteiger partial charge in [0, 0.05) is 28.7 Å². The van der Waals surface area contributed by atoms with Crippen LogP contribution >= 0.6 is 39.5 Å². The number of halogens is 1. The van der Waals surface area contributed by atoms with Crippen LogP contribution < -0.4 is 0 Å². The van der Waals surface area contributed by atoms with Gasteiger partial charge in [-0.15, -0.1) is 23.5 Å². The first kappa shape index (κ1) is 16.5. The van der Waals surface area contributed by atoms with Gasteiger partial charge in [-0.25, -0.2) is 4.98 Å². The molecule has 3 rings (SSSR count). The molecule has 2 atom stereocenters. The summed E-state index contributed by atoms with van der Waals surface area (Å²) in [6, 6.07) is 8.81. The minimum absolute atomic E-state index is 0.287. The van der Waals surface area contributed by atoms with Crippen molar-refractivity contribution in [2.75, 3.05) is 5.75 Å². The summed E-state index contributed by atoms with van der Waals surface area (Å²) in [4.78, 5) is 4.16. The maximum absolute atomic E-state index is 4.16. The van der Waals surface area contributed by atoms with Crippen LogP contribution in [-0.4, -0.2) is 24.6 Å². The number of aromatic nitrogens is 2. The molecule has 1 aliphatic heterocycles. The molecule has 0 saturated carbocycles. The average Bonchev–Trinajstić information content (AvgIpc) is 3.01. The van der Waals surface area contributed by atoms with Crippen molar-refractivity contribution in [2.45, 2.75) is 42.1 Å². The zero-order chi connectivity index (χ0) is 15.4. The molecule has 0 spiro atoms. The van der Waals surface area contributed by atoms with Crippen LogP contribution in [0.5, 0.6) is 0 Å². The van der Waals surface area contributed by atoms with Gasteiger partial charge in [0.1, 0.15) is 0 Å².